The van der Waals surface area contributed by atoms with Crippen molar-refractivity contribution in [1.29, 1.82) is 0 Å². The fourth-order valence-electron chi connectivity index (χ4n) is 2.29. The molecule has 0 bridgehead atoms. The first-order chi connectivity index (χ1) is 12.6. The molecule has 1 atom stereocenters. The van der Waals surface area contributed by atoms with Crippen molar-refractivity contribution in [3.8, 4) is 22.2 Å². The number of thioether (sulfide) groups is 1. The number of nitrogen functional groups attached to an aromatic ring is 1. The third-order valence-electron chi connectivity index (χ3n) is 3.58. The van der Waals surface area contributed by atoms with Gasteiger partial charge in [-0.05, 0) is 30.5 Å². The van der Waals surface area contributed by atoms with Crippen molar-refractivity contribution in [1.82, 2.24) is 25.1 Å². The summed E-state index contributed by atoms with van der Waals surface area (Å²) < 4.78 is 20.9. The number of nitrogens with zero attached hydrogens (tertiary/aromatic N) is 5. The lowest BCUT2D eigenvalue weighted by molar-refractivity contribution is 0.510. The van der Waals surface area contributed by atoms with Crippen LogP contribution in [0.4, 0.5) is 4.39 Å². The zero-order chi connectivity index (χ0) is 18.1. The van der Waals surface area contributed by atoms with Gasteiger partial charge in [0.1, 0.15) is 5.82 Å². The van der Waals surface area contributed by atoms with E-state index >= 15 is 0 Å². The first kappa shape index (κ1) is 16.7. The largest absolute Gasteiger partial charge is 0.419 e. The average Bonchev–Trinajstić information content (AvgIpc) is 3.37. The van der Waals surface area contributed by atoms with Gasteiger partial charge in [0.05, 0.1) is 15.7 Å². The lowest BCUT2D eigenvalue weighted by Crippen LogP contribution is -2.12. The van der Waals surface area contributed by atoms with Crippen LogP contribution >= 0.6 is 23.1 Å². The summed E-state index contributed by atoms with van der Waals surface area (Å²) in [5, 5.41) is 18.4. The van der Waals surface area contributed by atoms with Crippen molar-refractivity contribution in [2.24, 2.45) is 0 Å². The highest BCUT2D eigenvalue weighted by Crippen LogP contribution is 2.35. The van der Waals surface area contributed by atoms with E-state index in [1.807, 2.05) is 24.4 Å². The van der Waals surface area contributed by atoms with Crippen LogP contribution in [0.1, 0.15) is 18.1 Å². The van der Waals surface area contributed by atoms with Gasteiger partial charge in [-0.1, -0.05) is 30.0 Å². The van der Waals surface area contributed by atoms with Gasteiger partial charge in [-0.3, -0.25) is 0 Å². The molecule has 1 unspecified atom stereocenters. The number of hydrogen-bond acceptors (Lipinski definition) is 8. The molecule has 0 saturated carbocycles. The van der Waals surface area contributed by atoms with Crippen LogP contribution in [0.25, 0.3) is 22.2 Å². The highest BCUT2D eigenvalue weighted by Gasteiger charge is 2.21. The normalized spacial score (nSPS) is 12.4. The molecule has 10 heteroatoms. The SMILES string of the molecule is CC(Sc1nnc(-c2ccccc2F)n1N)c1nnc(-c2cccs2)o1. The average molecular weight is 388 g/mol. The molecule has 2 N–H and O–H groups in total. The van der Waals surface area contributed by atoms with Crippen molar-refractivity contribution in [2.45, 2.75) is 17.3 Å². The maximum Gasteiger partial charge on any atom is 0.257 e. The summed E-state index contributed by atoms with van der Waals surface area (Å²) in [6.07, 6.45) is 0. The topological polar surface area (TPSA) is 95.7 Å². The summed E-state index contributed by atoms with van der Waals surface area (Å²) in [5.41, 5.74) is 0.291. The van der Waals surface area contributed by atoms with E-state index in [9.17, 15) is 4.39 Å². The number of thiophene rings is 1. The highest BCUT2D eigenvalue weighted by molar-refractivity contribution is 7.99. The molecule has 26 heavy (non-hydrogen) atoms. The van der Waals surface area contributed by atoms with Gasteiger partial charge in [0.15, 0.2) is 5.82 Å². The van der Waals surface area contributed by atoms with E-state index in [0.29, 0.717) is 22.5 Å². The Morgan fingerprint density at radius 2 is 2.00 bits per heavy atom. The van der Waals surface area contributed by atoms with Crippen molar-refractivity contribution in [3.05, 3.63) is 53.5 Å². The zero-order valence-corrected chi connectivity index (χ0v) is 15.2. The molecule has 3 aromatic heterocycles. The minimum Gasteiger partial charge on any atom is -0.419 e. The Hall–Kier alpha value is -2.72. The van der Waals surface area contributed by atoms with Gasteiger partial charge in [0.2, 0.25) is 11.0 Å². The number of nitrogens with two attached hydrogens (primary N) is 1. The second-order valence-electron chi connectivity index (χ2n) is 5.34. The Bertz CT molecular complexity index is 1030. The van der Waals surface area contributed by atoms with Crippen molar-refractivity contribution >= 4 is 23.1 Å². The molecule has 0 fully saturated rings. The van der Waals surface area contributed by atoms with Crippen molar-refractivity contribution in [2.75, 3.05) is 5.84 Å². The van der Waals surface area contributed by atoms with E-state index < -0.39 is 5.82 Å². The van der Waals surface area contributed by atoms with Crippen LogP contribution in [-0.2, 0) is 0 Å². The van der Waals surface area contributed by atoms with E-state index in [-0.39, 0.29) is 11.1 Å². The maximum absolute atomic E-state index is 14.0. The second kappa shape index (κ2) is 6.89. The third-order valence-corrected chi connectivity index (χ3v) is 5.48. The van der Waals surface area contributed by atoms with Gasteiger partial charge in [0, 0.05) is 0 Å². The molecule has 0 spiro atoms. The monoisotopic (exact) mass is 388 g/mol. The molecule has 0 aliphatic heterocycles. The molecule has 3 heterocycles. The van der Waals surface area contributed by atoms with Crippen LogP contribution in [0.3, 0.4) is 0 Å². The molecule has 0 saturated heterocycles. The van der Waals surface area contributed by atoms with Gasteiger partial charge in [-0.25, -0.2) is 9.07 Å². The number of hydrogen-bond donors (Lipinski definition) is 1. The van der Waals surface area contributed by atoms with E-state index in [1.165, 1.54) is 33.8 Å². The predicted molar refractivity (Wildman–Crippen MR) is 97.4 cm³/mol. The van der Waals surface area contributed by atoms with Crippen LogP contribution in [-0.4, -0.2) is 25.1 Å². The van der Waals surface area contributed by atoms with Crippen LogP contribution in [0, 0.1) is 5.82 Å². The Balaban J connectivity index is 1.55. The molecule has 0 aliphatic rings. The summed E-state index contributed by atoms with van der Waals surface area (Å²) in [4.78, 5) is 0.907. The Kier molecular flexibility index (Phi) is 4.43. The van der Waals surface area contributed by atoms with Crippen LogP contribution in [0.2, 0.25) is 0 Å². The molecule has 132 valence electrons. The second-order valence-corrected chi connectivity index (χ2v) is 7.59. The van der Waals surface area contributed by atoms with Gasteiger partial charge >= 0.3 is 0 Å². The molecule has 7 nitrogen and oxygen atoms in total. The smallest absolute Gasteiger partial charge is 0.257 e. The molecule has 4 rings (SSSR count). The summed E-state index contributed by atoms with van der Waals surface area (Å²) in [5.74, 6) is 6.82. The predicted octanol–water partition coefficient (Wildman–Crippen LogP) is 3.76. The van der Waals surface area contributed by atoms with Crippen molar-refractivity contribution < 1.29 is 8.81 Å². The third kappa shape index (κ3) is 3.08. The molecule has 0 radical (unpaired) electrons. The van der Waals surface area contributed by atoms with Crippen LogP contribution < -0.4 is 5.84 Å². The van der Waals surface area contributed by atoms with Gasteiger partial charge in [0.25, 0.3) is 5.89 Å². The molecular weight excluding hydrogens is 375 g/mol. The fourth-order valence-corrected chi connectivity index (χ4v) is 3.74. The number of rotatable bonds is 5. The summed E-state index contributed by atoms with van der Waals surface area (Å²) in [7, 11) is 0. The molecule has 0 amide bonds. The number of benzene rings is 1. The van der Waals surface area contributed by atoms with Gasteiger partial charge in [-0.15, -0.1) is 31.7 Å². The Morgan fingerprint density at radius 3 is 2.77 bits per heavy atom. The minimum atomic E-state index is -0.409. The van der Waals surface area contributed by atoms with Crippen LogP contribution in [0.15, 0.2) is 51.4 Å². The van der Waals surface area contributed by atoms with E-state index in [0.717, 1.165) is 4.88 Å². The van der Waals surface area contributed by atoms with Gasteiger partial charge < -0.3 is 10.3 Å². The fraction of sp³-hybridized carbons (Fsp3) is 0.125. The lowest BCUT2D eigenvalue weighted by atomic mass is 10.2. The standard InChI is InChI=1S/C16H13FN6OS2/c1-9(14-20-21-15(24-14)12-7-4-8-25-12)26-16-22-19-13(23(16)18)10-5-2-3-6-11(10)17/h2-9H,18H2,1H3. The Morgan fingerprint density at radius 1 is 1.15 bits per heavy atom. The van der Waals surface area contributed by atoms with Crippen molar-refractivity contribution in [3.63, 3.8) is 0 Å². The summed E-state index contributed by atoms with van der Waals surface area (Å²) in [6, 6.07) is 10.1. The summed E-state index contributed by atoms with van der Waals surface area (Å²) >= 11 is 2.83. The van der Waals surface area contributed by atoms with Gasteiger partial charge in [-0.2, -0.15) is 0 Å². The number of halogens is 1. The maximum atomic E-state index is 14.0. The first-order valence-corrected chi connectivity index (χ1v) is 9.38. The van der Waals surface area contributed by atoms with Crippen LogP contribution in [0.5, 0.6) is 0 Å². The minimum absolute atomic E-state index is 0.198. The van der Waals surface area contributed by atoms with E-state index in [1.54, 1.807) is 18.2 Å². The van der Waals surface area contributed by atoms with E-state index in [4.69, 9.17) is 10.3 Å². The quantitative estimate of drug-likeness (QED) is 0.411. The first-order valence-electron chi connectivity index (χ1n) is 7.63. The molecule has 1 aromatic carbocycles. The van der Waals surface area contributed by atoms with E-state index in [2.05, 4.69) is 20.4 Å². The molecule has 0 aliphatic carbocycles. The molecule has 4 aromatic rings. The highest BCUT2D eigenvalue weighted by atomic mass is 32.2. The number of aromatic nitrogens is 5. The lowest BCUT2D eigenvalue weighted by Gasteiger charge is -2.07. The zero-order valence-electron chi connectivity index (χ0n) is 13.5. The molecular formula is C16H13FN6OS2. The Labute approximate surface area is 156 Å². The summed E-state index contributed by atoms with van der Waals surface area (Å²) in [6.45, 7) is 1.90.